The average molecular weight is 174 g/mol. The first-order valence-corrected chi connectivity index (χ1v) is 5.00. The van der Waals surface area contributed by atoms with Crippen LogP contribution < -0.4 is 0 Å². The minimum atomic E-state index is 0.172. The molecule has 0 aromatic rings. The van der Waals surface area contributed by atoms with Crippen LogP contribution in [0.4, 0.5) is 0 Å². The third kappa shape index (κ3) is 8.19. The van der Waals surface area contributed by atoms with Gasteiger partial charge >= 0.3 is 70.8 Å². The molecule has 64 valence electrons. The van der Waals surface area contributed by atoms with E-state index in [1.165, 1.54) is 6.42 Å². The van der Waals surface area contributed by atoms with Crippen molar-refractivity contribution in [1.82, 2.24) is 0 Å². The maximum absolute atomic E-state index is 5.33. The molecule has 0 N–H and O–H groups in total. The summed E-state index contributed by atoms with van der Waals surface area (Å²) >= 11 is 0. The van der Waals surface area contributed by atoms with E-state index in [0.717, 1.165) is 21.3 Å². The molecule has 0 saturated heterocycles. The Hall–Kier alpha value is 0.285. The van der Waals surface area contributed by atoms with E-state index in [1.54, 1.807) is 0 Å². The van der Waals surface area contributed by atoms with E-state index in [9.17, 15) is 0 Å². The van der Waals surface area contributed by atoms with Crippen LogP contribution in [-0.2, 0) is 9.26 Å². The molecule has 0 radical (unpaired) electrons. The molecular weight excluding hydrogens is 158 g/mol. The molecule has 1 unspecified atom stereocenters. The van der Waals surface area contributed by atoms with Crippen molar-refractivity contribution in [2.45, 2.75) is 32.8 Å². The number of ether oxygens (including phenoxy) is 1. The third-order valence-corrected chi connectivity index (χ3v) is 1.76. The van der Waals surface area contributed by atoms with Gasteiger partial charge in [-0.3, -0.25) is 0 Å². The van der Waals surface area contributed by atoms with Gasteiger partial charge in [0.15, 0.2) is 0 Å². The van der Waals surface area contributed by atoms with Crippen molar-refractivity contribution in [3.05, 3.63) is 0 Å². The summed E-state index contributed by atoms with van der Waals surface area (Å²) in [5.74, 6) is 0. The van der Waals surface area contributed by atoms with Gasteiger partial charge in [0.2, 0.25) is 0 Å². The molecule has 0 fully saturated rings. The van der Waals surface area contributed by atoms with E-state index in [1.807, 2.05) is 6.92 Å². The summed E-state index contributed by atoms with van der Waals surface area (Å²) in [6.07, 6.45) is 2.49. The summed E-state index contributed by atoms with van der Waals surface area (Å²) < 4.78 is 10.5. The zero-order valence-corrected chi connectivity index (χ0v) is 8.27. The molecule has 0 rings (SSSR count). The van der Waals surface area contributed by atoms with Crippen molar-refractivity contribution in [2.75, 3.05) is 13.2 Å². The molecule has 11 heavy (non-hydrogen) atoms. The molecule has 0 bridgehead atoms. The van der Waals surface area contributed by atoms with Crippen molar-refractivity contribution in [3.63, 3.8) is 0 Å². The normalized spacial score (nSPS) is 13.5. The molecule has 0 spiro atoms. The summed E-state index contributed by atoms with van der Waals surface area (Å²) in [5, 5.41) is 0. The van der Waals surface area contributed by atoms with E-state index >= 15 is 0 Å². The molecule has 4 heteroatoms. The standard InChI is InChI=1S/C7H16BO2P/c1-3-4-5-9-6-7(2)10-11-8/h7-8H,3-6H2,1-2H3. The fourth-order valence-corrected chi connectivity index (χ4v) is 0.969. The average Bonchev–Trinajstić information content (AvgIpc) is 1.99. The molecule has 2 nitrogen and oxygen atoms in total. The molecule has 1 atom stereocenters. The van der Waals surface area contributed by atoms with E-state index < -0.39 is 0 Å². The Labute approximate surface area is 71.5 Å². The van der Waals surface area contributed by atoms with Gasteiger partial charge in [-0.15, -0.1) is 0 Å². The second-order valence-electron chi connectivity index (χ2n) is 2.47. The Morgan fingerprint density at radius 3 is 2.82 bits per heavy atom. The van der Waals surface area contributed by atoms with Gasteiger partial charge in [0.1, 0.15) is 0 Å². The second-order valence-corrected chi connectivity index (χ2v) is 2.94. The number of hydrogen-bond acceptors (Lipinski definition) is 2. The molecule has 0 aliphatic heterocycles. The Balaban J connectivity index is 3.03. The Kier molecular flexibility index (Phi) is 8.60. The van der Waals surface area contributed by atoms with Gasteiger partial charge in [0.25, 0.3) is 0 Å². The number of rotatable bonds is 7. The van der Waals surface area contributed by atoms with Crippen LogP contribution in [0.1, 0.15) is 26.7 Å². The van der Waals surface area contributed by atoms with E-state index in [0.29, 0.717) is 6.61 Å². The van der Waals surface area contributed by atoms with Crippen LogP contribution in [0.5, 0.6) is 0 Å². The SMILES string of the molecule is B=POC(C)COCCCC. The molecule has 0 heterocycles. The van der Waals surface area contributed by atoms with Crippen LogP contribution in [-0.4, -0.2) is 26.5 Å². The van der Waals surface area contributed by atoms with E-state index in [-0.39, 0.29) is 6.10 Å². The summed E-state index contributed by atoms with van der Waals surface area (Å²) in [4.78, 5) is 0. The zero-order chi connectivity index (χ0) is 8.53. The van der Waals surface area contributed by atoms with Crippen LogP contribution in [0.3, 0.4) is 0 Å². The van der Waals surface area contributed by atoms with Gasteiger partial charge in [-0.2, -0.15) is 0 Å². The van der Waals surface area contributed by atoms with Crippen LogP contribution in [0.2, 0.25) is 0 Å². The Morgan fingerprint density at radius 2 is 2.27 bits per heavy atom. The van der Waals surface area contributed by atoms with E-state index in [4.69, 9.17) is 9.26 Å². The van der Waals surface area contributed by atoms with Crippen LogP contribution in [0.25, 0.3) is 0 Å². The van der Waals surface area contributed by atoms with Gasteiger partial charge in [0, 0.05) is 0 Å². The molecule has 0 aromatic heterocycles. The molecule has 0 saturated carbocycles. The third-order valence-electron chi connectivity index (χ3n) is 1.25. The quantitative estimate of drug-likeness (QED) is 0.333. The zero-order valence-electron chi connectivity index (χ0n) is 7.38. The van der Waals surface area contributed by atoms with Gasteiger partial charge in [-0.1, -0.05) is 0 Å². The van der Waals surface area contributed by atoms with Gasteiger partial charge in [-0.25, -0.2) is 0 Å². The van der Waals surface area contributed by atoms with Gasteiger partial charge in [-0.05, 0) is 0 Å². The predicted molar refractivity (Wildman–Crippen MR) is 50.3 cm³/mol. The van der Waals surface area contributed by atoms with Crippen molar-refractivity contribution in [2.24, 2.45) is 0 Å². The molecule has 0 amide bonds. The van der Waals surface area contributed by atoms with Gasteiger partial charge < -0.3 is 0 Å². The molecular formula is C7H16BO2P. The molecule has 0 aliphatic rings. The monoisotopic (exact) mass is 174 g/mol. The first-order valence-electron chi connectivity index (χ1n) is 4.00. The Morgan fingerprint density at radius 1 is 1.55 bits per heavy atom. The second kappa shape index (κ2) is 8.38. The van der Waals surface area contributed by atoms with E-state index in [2.05, 4.69) is 14.1 Å². The number of hydrogen-bond donors (Lipinski definition) is 0. The summed E-state index contributed by atoms with van der Waals surface area (Å²) in [7, 11) is 4.30. The fraction of sp³-hybridized carbons (Fsp3) is 1.00. The maximum atomic E-state index is 5.33. The molecule has 0 aliphatic carbocycles. The minimum absolute atomic E-state index is 0.172. The van der Waals surface area contributed by atoms with Crippen LogP contribution >= 0.6 is 8.30 Å². The first-order chi connectivity index (χ1) is 5.31. The molecule has 0 aromatic carbocycles. The first kappa shape index (κ1) is 11.3. The Bertz CT molecular complexity index is 100. The van der Waals surface area contributed by atoms with Crippen LogP contribution in [0, 0.1) is 0 Å². The summed E-state index contributed by atoms with van der Waals surface area (Å²) in [6.45, 7) is 5.67. The summed E-state index contributed by atoms with van der Waals surface area (Å²) in [6, 6.07) is 0. The van der Waals surface area contributed by atoms with Crippen molar-refractivity contribution >= 4 is 15.5 Å². The van der Waals surface area contributed by atoms with Crippen LogP contribution in [0.15, 0.2) is 0 Å². The van der Waals surface area contributed by atoms with Gasteiger partial charge in [0.05, 0.1) is 0 Å². The number of unbranched alkanes of at least 4 members (excludes halogenated alkanes) is 1. The predicted octanol–water partition coefficient (Wildman–Crippen LogP) is 1.89. The van der Waals surface area contributed by atoms with Crippen molar-refractivity contribution < 1.29 is 9.26 Å². The van der Waals surface area contributed by atoms with Crippen molar-refractivity contribution in [1.29, 1.82) is 0 Å². The fourth-order valence-electron chi connectivity index (χ4n) is 0.653. The van der Waals surface area contributed by atoms with Crippen molar-refractivity contribution in [3.8, 4) is 0 Å². The summed E-state index contributed by atoms with van der Waals surface area (Å²) in [5.41, 5.74) is 0. The topological polar surface area (TPSA) is 18.5 Å².